The topological polar surface area (TPSA) is 37.3 Å². The largest absolute Gasteiger partial charge is 0.393 e. The first-order valence-electron chi connectivity index (χ1n) is 13.3. The van der Waals surface area contributed by atoms with Gasteiger partial charge in [0, 0.05) is 12.8 Å². The molecule has 0 bridgehead atoms. The molecule has 0 heterocycles. The zero-order valence-electron chi connectivity index (χ0n) is 20.6. The molecule has 10 atom stereocenters. The molecule has 0 aromatic heterocycles. The summed E-state index contributed by atoms with van der Waals surface area (Å²) in [5.74, 6) is 6.12. The quantitative estimate of drug-likeness (QED) is 0.529. The fourth-order valence-electron chi connectivity index (χ4n) is 9.03. The number of rotatable bonds is 5. The van der Waals surface area contributed by atoms with Gasteiger partial charge in [0.05, 0.1) is 6.10 Å². The molecule has 0 unspecified atom stereocenters. The van der Waals surface area contributed by atoms with Crippen LogP contribution in [0.5, 0.6) is 0 Å². The van der Waals surface area contributed by atoms with Crippen molar-refractivity contribution in [2.45, 2.75) is 112 Å². The van der Waals surface area contributed by atoms with Crippen molar-refractivity contribution in [3.8, 4) is 0 Å². The summed E-state index contributed by atoms with van der Waals surface area (Å²) in [7, 11) is 0. The van der Waals surface area contributed by atoms with E-state index in [9.17, 15) is 9.90 Å². The van der Waals surface area contributed by atoms with Crippen LogP contribution in [-0.2, 0) is 4.79 Å². The molecule has 4 rings (SSSR count). The van der Waals surface area contributed by atoms with Gasteiger partial charge in [-0.25, -0.2) is 0 Å². The molecule has 172 valence electrons. The molecule has 0 spiro atoms. The van der Waals surface area contributed by atoms with Gasteiger partial charge in [-0.3, -0.25) is 4.79 Å². The lowest BCUT2D eigenvalue weighted by Gasteiger charge is -2.62. The maximum absolute atomic E-state index is 12.1. The van der Waals surface area contributed by atoms with Crippen molar-refractivity contribution in [1.82, 2.24) is 0 Å². The van der Waals surface area contributed by atoms with Crippen LogP contribution in [0.1, 0.15) is 106 Å². The third kappa shape index (κ3) is 3.52. The van der Waals surface area contributed by atoms with E-state index in [4.69, 9.17) is 0 Å². The van der Waals surface area contributed by atoms with E-state index in [0.717, 1.165) is 43.4 Å². The highest BCUT2D eigenvalue weighted by atomic mass is 16.3. The predicted octanol–water partition coefficient (Wildman–Crippen LogP) is 6.89. The molecular weight excluding hydrogens is 368 g/mol. The van der Waals surface area contributed by atoms with Crippen LogP contribution >= 0.6 is 0 Å². The summed E-state index contributed by atoms with van der Waals surface area (Å²) < 4.78 is 0. The molecule has 4 aliphatic carbocycles. The highest BCUT2D eigenvalue weighted by molar-refractivity contribution is 5.79. The monoisotopic (exact) mass is 416 g/mol. The van der Waals surface area contributed by atoms with Gasteiger partial charge in [-0.05, 0) is 96.7 Å². The second kappa shape index (κ2) is 8.20. The number of Topliss-reactive ketones (excluding diaryl/α,β-unsaturated/α-hetero) is 1. The number of carbonyl (C=O) groups excluding carboxylic acids is 1. The number of carbonyl (C=O) groups is 1. The van der Waals surface area contributed by atoms with Gasteiger partial charge in [-0.15, -0.1) is 0 Å². The number of ketones is 1. The third-order valence-electron chi connectivity index (χ3n) is 11.6. The molecule has 0 saturated heterocycles. The van der Waals surface area contributed by atoms with Crippen molar-refractivity contribution in [2.24, 2.45) is 58.2 Å². The zero-order chi connectivity index (χ0) is 21.8. The lowest BCUT2D eigenvalue weighted by Crippen LogP contribution is -2.58. The molecular formula is C28H48O2. The molecule has 0 radical (unpaired) electrons. The van der Waals surface area contributed by atoms with Gasteiger partial charge in [0.15, 0.2) is 0 Å². The Morgan fingerprint density at radius 2 is 1.73 bits per heavy atom. The van der Waals surface area contributed by atoms with Crippen LogP contribution < -0.4 is 0 Å². The van der Waals surface area contributed by atoms with Crippen molar-refractivity contribution >= 4 is 5.78 Å². The summed E-state index contributed by atoms with van der Waals surface area (Å²) in [6.07, 6.45) is 11.3. The van der Waals surface area contributed by atoms with Gasteiger partial charge < -0.3 is 5.11 Å². The Labute approximate surface area is 186 Å². The van der Waals surface area contributed by atoms with Gasteiger partial charge in [-0.2, -0.15) is 0 Å². The van der Waals surface area contributed by atoms with E-state index in [1.54, 1.807) is 0 Å². The van der Waals surface area contributed by atoms with Crippen molar-refractivity contribution in [2.75, 3.05) is 0 Å². The van der Waals surface area contributed by atoms with E-state index in [-0.39, 0.29) is 16.9 Å². The molecule has 30 heavy (non-hydrogen) atoms. The van der Waals surface area contributed by atoms with E-state index in [2.05, 4.69) is 41.5 Å². The van der Waals surface area contributed by atoms with E-state index < -0.39 is 0 Å². The Morgan fingerprint density at radius 3 is 2.43 bits per heavy atom. The molecule has 2 heteroatoms. The number of hydrogen-bond acceptors (Lipinski definition) is 2. The first-order valence-corrected chi connectivity index (χ1v) is 13.3. The van der Waals surface area contributed by atoms with Crippen LogP contribution in [0, 0.1) is 58.2 Å². The first-order chi connectivity index (χ1) is 14.1. The lowest BCUT2D eigenvalue weighted by molar-refractivity contribution is -0.170. The minimum Gasteiger partial charge on any atom is -0.393 e. The molecule has 4 saturated carbocycles. The zero-order valence-corrected chi connectivity index (χ0v) is 20.6. The summed E-state index contributed by atoms with van der Waals surface area (Å²) in [6, 6.07) is 0. The second-order valence-electron chi connectivity index (χ2n) is 13.0. The Morgan fingerprint density at radius 1 is 1.00 bits per heavy atom. The molecule has 2 nitrogen and oxygen atoms in total. The lowest BCUT2D eigenvalue weighted by atomic mass is 9.44. The number of aliphatic hydroxyl groups excluding tert-OH is 1. The highest BCUT2D eigenvalue weighted by Crippen LogP contribution is 2.68. The third-order valence-corrected chi connectivity index (χ3v) is 11.6. The highest BCUT2D eigenvalue weighted by Gasteiger charge is 2.63. The minimum atomic E-state index is -0.158. The minimum absolute atomic E-state index is 0.106. The summed E-state index contributed by atoms with van der Waals surface area (Å²) in [5, 5.41) is 11.7. The normalized spacial score (nSPS) is 48.1. The van der Waals surface area contributed by atoms with Gasteiger partial charge in [-0.1, -0.05) is 54.4 Å². The molecule has 0 amide bonds. The first kappa shape index (κ1) is 22.8. The van der Waals surface area contributed by atoms with Gasteiger partial charge in [0.2, 0.25) is 0 Å². The van der Waals surface area contributed by atoms with Gasteiger partial charge >= 0.3 is 0 Å². The molecule has 0 aliphatic heterocycles. The average Bonchev–Trinajstić information content (AvgIpc) is 3.06. The van der Waals surface area contributed by atoms with Crippen LogP contribution in [-0.4, -0.2) is 17.0 Å². The van der Waals surface area contributed by atoms with Gasteiger partial charge in [0.25, 0.3) is 0 Å². The molecule has 0 aromatic rings. The summed E-state index contributed by atoms with van der Waals surface area (Å²) >= 11 is 0. The maximum Gasteiger partial charge on any atom is 0.133 e. The Kier molecular flexibility index (Phi) is 6.23. The van der Waals surface area contributed by atoms with Crippen molar-refractivity contribution in [3.05, 3.63) is 0 Å². The van der Waals surface area contributed by atoms with Crippen LogP contribution in [0.3, 0.4) is 0 Å². The molecule has 1 N–H and O–H groups in total. The molecule has 4 fully saturated rings. The Hall–Kier alpha value is -0.370. The summed E-state index contributed by atoms with van der Waals surface area (Å²) in [6.45, 7) is 14.5. The summed E-state index contributed by atoms with van der Waals surface area (Å²) in [4.78, 5) is 12.1. The van der Waals surface area contributed by atoms with Gasteiger partial charge in [0.1, 0.15) is 5.78 Å². The fourth-order valence-corrected chi connectivity index (χ4v) is 9.03. The Balaban J connectivity index is 1.52. The predicted molar refractivity (Wildman–Crippen MR) is 124 cm³/mol. The standard InChI is InChI=1S/C28H48O2/c1-17(2)18(3)7-8-19(4)23-11-12-24-22-10-9-20-15-21(29)13-14-27(20,5)25(22)16-26(30)28(23,24)6/h17-20,22-26,30H,7-16H2,1-6H3/t18-,19-,20-,22+,23-,24+,25+,26+,27+,28-/m1/s1. The van der Waals surface area contributed by atoms with E-state index in [1.165, 1.54) is 38.5 Å². The smallest absolute Gasteiger partial charge is 0.133 e. The van der Waals surface area contributed by atoms with E-state index >= 15 is 0 Å². The van der Waals surface area contributed by atoms with Crippen molar-refractivity contribution in [3.63, 3.8) is 0 Å². The van der Waals surface area contributed by atoms with E-state index in [0.29, 0.717) is 35.4 Å². The number of hydrogen-bond donors (Lipinski definition) is 1. The van der Waals surface area contributed by atoms with Crippen LogP contribution in [0.15, 0.2) is 0 Å². The molecule has 0 aromatic carbocycles. The average molecular weight is 417 g/mol. The SMILES string of the molecule is CC(C)[C@H](C)CC[C@@H](C)[C@H]1CC[C@H]2[C@@H]3CC[C@@H]4CC(=O)CC[C@]4(C)[C@H]3C[C@H](O)[C@]12C. The van der Waals surface area contributed by atoms with Crippen molar-refractivity contribution in [1.29, 1.82) is 0 Å². The fraction of sp³-hybridized carbons (Fsp3) is 0.964. The van der Waals surface area contributed by atoms with Crippen LogP contribution in [0.2, 0.25) is 0 Å². The number of fused-ring (bicyclic) bond motifs is 5. The van der Waals surface area contributed by atoms with Crippen molar-refractivity contribution < 1.29 is 9.90 Å². The summed E-state index contributed by atoms with van der Waals surface area (Å²) in [5.41, 5.74) is 0.394. The maximum atomic E-state index is 12.1. The van der Waals surface area contributed by atoms with Crippen LogP contribution in [0.25, 0.3) is 0 Å². The second-order valence-corrected chi connectivity index (χ2v) is 13.0. The molecule has 4 aliphatic rings. The van der Waals surface area contributed by atoms with Crippen LogP contribution in [0.4, 0.5) is 0 Å². The Bertz CT molecular complexity index is 641. The van der Waals surface area contributed by atoms with E-state index in [1.807, 2.05) is 0 Å². The number of aliphatic hydroxyl groups is 1.